The Labute approximate surface area is 62.4 Å². The van der Waals surface area contributed by atoms with Crippen LogP contribution in [0.3, 0.4) is 0 Å². The van der Waals surface area contributed by atoms with Gasteiger partial charge in [-0.1, -0.05) is 11.6 Å². The number of ether oxygens (including phenoxy) is 1. The Morgan fingerprint density at radius 2 is 2.70 bits per heavy atom. The first-order valence-corrected chi connectivity index (χ1v) is 2.91. The van der Waals surface area contributed by atoms with Crippen LogP contribution in [0, 0.1) is 11.3 Å². The lowest BCUT2D eigenvalue weighted by atomic mass is 10.7. The van der Waals surface area contributed by atoms with Gasteiger partial charge in [-0.15, -0.1) is 0 Å². The standard InChI is InChI=1S/C5H4ClN3O/c6-4-3-8-9-5(4)10-2-1-7/h3H,2H2,(H,8,9). The highest BCUT2D eigenvalue weighted by molar-refractivity contribution is 6.31. The number of rotatable bonds is 2. The number of nitriles is 1. The molecule has 52 valence electrons. The van der Waals surface area contributed by atoms with Crippen LogP contribution in [0.5, 0.6) is 5.88 Å². The lowest BCUT2D eigenvalue weighted by Gasteiger charge is -1.94. The van der Waals surface area contributed by atoms with Crippen LogP contribution in [0.1, 0.15) is 0 Å². The van der Waals surface area contributed by atoms with Gasteiger partial charge in [0.15, 0.2) is 6.61 Å². The maximum absolute atomic E-state index is 8.10. The van der Waals surface area contributed by atoms with Crippen molar-refractivity contribution in [3.8, 4) is 11.9 Å². The minimum atomic E-state index is -0.0259. The summed E-state index contributed by atoms with van der Waals surface area (Å²) in [6.07, 6.45) is 1.41. The summed E-state index contributed by atoms with van der Waals surface area (Å²) in [6, 6.07) is 1.80. The van der Waals surface area contributed by atoms with Crippen molar-refractivity contribution in [1.82, 2.24) is 10.2 Å². The Balaban J connectivity index is 2.59. The fourth-order valence-electron chi connectivity index (χ4n) is 0.465. The molecule has 1 aromatic rings. The van der Waals surface area contributed by atoms with Gasteiger partial charge in [0.2, 0.25) is 5.88 Å². The van der Waals surface area contributed by atoms with Gasteiger partial charge >= 0.3 is 0 Å². The molecular weight excluding hydrogens is 154 g/mol. The number of hydrogen-bond donors (Lipinski definition) is 1. The zero-order chi connectivity index (χ0) is 7.40. The van der Waals surface area contributed by atoms with Crippen molar-refractivity contribution in [2.75, 3.05) is 6.61 Å². The summed E-state index contributed by atoms with van der Waals surface area (Å²) < 4.78 is 4.81. The first kappa shape index (κ1) is 6.90. The lowest BCUT2D eigenvalue weighted by molar-refractivity contribution is 0.353. The molecule has 0 aliphatic rings. The van der Waals surface area contributed by atoms with E-state index in [0.29, 0.717) is 10.9 Å². The number of nitrogens with one attached hydrogen (secondary N) is 1. The molecule has 0 radical (unpaired) electrons. The Morgan fingerprint density at radius 3 is 3.20 bits per heavy atom. The molecule has 0 aliphatic heterocycles. The van der Waals surface area contributed by atoms with Gasteiger partial charge in [0.05, 0.1) is 6.20 Å². The number of halogens is 1. The molecule has 0 bridgehead atoms. The lowest BCUT2D eigenvalue weighted by Crippen LogP contribution is -1.93. The zero-order valence-corrected chi connectivity index (χ0v) is 5.72. The molecule has 0 aromatic carbocycles. The van der Waals surface area contributed by atoms with E-state index >= 15 is 0 Å². The molecule has 5 heteroatoms. The Kier molecular flexibility index (Phi) is 2.13. The van der Waals surface area contributed by atoms with Gasteiger partial charge < -0.3 is 4.74 Å². The summed E-state index contributed by atoms with van der Waals surface area (Å²) in [6.45, 7) is -0.0259. The smallest absolute Gasteiger partial charge is 0.229 e. The van der Waals surface area contributed by atoms with E-state index in [2.05, 4.69) is 10.2 Å². The highest BCUT2D eigenvalue weighted by atomic mass is 35.5. The molecule has 4 nitrogen and oxygen atoms in total. The first-order chi connectivity index (χ1) is 4.84. The molecule has 0 saturated heterocycles. The van der Waals surface area contributed by atoms with Crippen molar-refractivity contribution in [2.24, 2.45) is 0 Å². The third kappa shape index (κ3) is 1.39. The number of aromatic nitrogens is 2. The Morgan fingerprint density at radius 1 is 1.90 bits per heavy atom. The number of hydrogen-bond acceptors (Lipinski definition) is 3. The molecule has 0 amide bonds. The minimum absolute atomic E-state index is 0.0259. The second kappa shape index (κ2) is 3.08. The van der Waals surface area contributed by atoms with Gasteiger partial charge in [-0.2, -0.15) is 10.4 Å². The largest absolute Gasteiger partial charge is 0.461 e. The normalized spacial score (nSPS) is 8.80. The number of aromatic amines is 1. The topological polar surface area (TPSA) is 61.7 Å². The molecule has 1 rings (SSSR count). The van der Waals surface area contributed by atoms with Gasteiger partial charge in [0, 0.05) is 0 Å². The molecule has 0 spiro atoms. The molecule has 0 aliphatic carbocycles. The van der Waals surface area contributed by atoms with Crippen LogP contribution < -0.4 is 4.74 Å². The third-order valence-electron chi connectivity index (χ3n) is 0.842. The van der Waals surface area contributed by atoms with E-state index in [1.807, 2.05) is 0 Å². The summed E-state index contributed by atoms with van der Waals surface area (Å²) in [5, 5.41) is 14.6. The van der Waals surface area contributed by atoms with Crippen LogP contribution in [0.2, 0.25) is 5.02 Å². The predicted octanol–water partition coefficient (Wildman–Crippen LogP) is 0.965. The van der Waals surface area contributed by atoms with E-state index in [0.717, 1.165) is 0 Å². The molecule has 1 aromatic heterocycles. The van der Waals surface area contributed by atoms with E-state index in [-0.39, 0.29) is 6.61 Å². The molecular formula is C5H4ClN3O. The summed E-state index contributed by atoms with van der Waals surface area (Å²) in [4.78, 5) is 0. The van der Waals surface area contributed by atoms with Crippen LogP contribution in [0.25, 0.3) is 0 Å². The molecule has 0 fully saturated rings. The average Bonchev–Trinajstić information content (AvgIpc) is 2.31. The van der Waals surface area contributed by atoms with Gasteiger partial charge in [-0.3, -0.25) is 0 Å². The van der Waals surface area contributed by atoms with Gasteiger partial charge in [-0.05, 0) is 0 Å². The molecule has 0 unspecified atom stereocenters. The van der Waals surface area contributed by atoms with E-state index in [1.54, 1.807) is 6.07 Å². The van der Waals surface area contributed by atoms with Crippen LogP contribution in [-0.2, 0) is 0 Å². The molecule has 10 heavy (non-hydrogen) atoms. The first-order valence-electron chi connectivity index (χ1n) is 2.53. The van der Waals surface area contributed by atoms with Crippen molar-refractivity contribution in [3.05, 3.63) is 11.2 Å². The van der Waals surface area contributed by atoms with Crippen molar-refractivity contribution in [1.29, 1.82) is 5.26 Å². The Bertz CT molecular complexity index is 252. The Hall–Kier alpha value is -1.21. The molecule has 0 atom stereocenters. The van der Waals surface area contributed by atoms with Crippen molar-refractivity contribution < 1.29 is 4.74 Å². The van der Waals surface area contributed by atoms with E-state index in [1.165, 1.54) is 6.20 Å². The van der Waals surface area contributed by atoms with Crippen LogP contribution in [0.4, 0.5) is 0 Å². The third-order valence-corrected chi connectivity index (χ3v) is 1.11. The van der Waals surface area contributed by atoms with Crippen molar-refractivity contribution in [2.45, 2.75) is 0 Å². The van der Waals surface area contributed by atoms with Crippen molar-refractivity contribution in [3.63, 3.8) is 0 Å². The maximum atomic E-state index is 8.10. The van der Waals surface area contributed by atoms with E-state index in [9.17, 15) is 0 Å². The SMILES string of the molecule is N#CCOc1[nH]ncc1Cl. The highest BCUT2D eigenvalue weighted by Gasteiger charge is 2.00. The fraction of sp³-hybridized carbons (Fsp3) is 0.200. The zero-order valence-electron chi connectivity index (χ0n) is 4.97. The maximum Gasteiger partial charge on any atom is 0.229 e. The molecule has 0 saturated carbocycles. The van der Waals surface area contributed by atoms with Crippen LogP contribution >= 0.6 is 11.6 Å². The van der Waals surface area contributed by atoms with E-state index < -0.39 is 0 Å². The van der Waals surface area contributed by atoms with Gasteiger partial charge in [0.25, 0.3) is 0 Å². The second-order valence-corrected chi connectivity index (χ2v) is 1.90. The number of nitrogens with zero attached hydrogens (tertiary/aromatic N) is 2. The fourth-order valence-corrected chi connectivity index (χ4v) is 0.611. The van der Waals surface area contributed by atoms with E-state index in [4.69, 9.17) is 21.6 Å². The summed E-state index contributed by atoms with van der Waals surface area (Å²) in [5.74, 6) is 0.336. The van der Waals surface area contributed by atoms with Crippen molar-refractivity contribution >= 4 is 11.6 Å². The monoisotopic (exact) mass is 157 g/mol. The highest BCUT2D eigenvalue weighted by Crippen LogP contribution is 2.18. The number of H-pyrrole nitrogens is 1. The summed E-state index contributed by atoms with van der Waals surface area (Å²) in [5.41, 5.74) is 0. The molecule has 1 N–H and O–H groups in total. The van der Waals surface area contributed by atoms with Gasteiger partial charge in [0.1, 0.15) is 11.1 Å². The van der Waals surface area contributed by atoms with Crippen LogP contribution in [0.15, 0.2) is 6.20 Å². The minimum Gasteiger partial charge on any atom is -0.461 e. The average molecular weight is 158 g/mol. The summed E-state index contributed by atoms with van der Waals surface area (Å²) >= 11 is 5.55. The molecule has 1 heterocycles. The predicted molar refractivity (Wildman–Crippen MR) is 34.7 cm³/mol. The van der Waals surface area contributed by atoms with Gasteiger partial charge in [-0.25, -0.2) is 5.10 Å². The second-order valence-electron chi connectivity index (χ2n) is 1.49. The van der Waals surface area contributed by atoms with Crippen LogP contribution in [-0.4, -0.2) is 16.8 Å². The summed E-state index contributed by atoms with van der Waals surface area (Å²) in [7, 11) is 0. The quantitative estimate of drug-likeness (QED) is 0.696.